The van der Waals surface area contributed by atoms with Gasteiger partial charge in [-0.2, -0.15) is 5.10 Å². The summed E-state index contributed by atoms with van der Waals surface area (Å²) in [4.78, 5) is 14.8. The van der Waals surface area contributed by atoms with E-state index in [0.29, 0.717) is 25.2 Å². The summed E-state index contributed by atoms with van der Waals surface area (Å²) >= 11 is 1.60. The molecule has 0 spiro atoms. The van der Waals surface area contributed by atoms with Gasteiger partial charge in [0.15, 0.2) is 5.69 Å². The van der Waals surface area contributed by atoms with E-state index in [1.807, 2.05) is 17.5 Å². The van der Waals surface area contributed by atoms with Crippen LogP contribution in [0, 0.1) is 0 Å². The van der Waals surface area contributed by atoms with Gasteiger partial charge in [-0.3, -0.25) is 9.89 Å². The van der Waals surface area contributed by atoms with Crippen LogP contribution in [0.3, 0.4) is 0 Å². The molecule has 3 heterocycles. The summed E-state index contributed by atoms with van der Waals surface area (Å²) in [7, 11) is 0. The number of aliphatic hydroxyl groups is 1. The largest absolute Gasteiger partial charge is 0.391 e. The third-order valence-corrected chi connectivity index (χ3v) is 3.94. The second-order valence-corrected chi connectivity index (χ2v) is 5.29. The zero-order chi connectivity index (χ0) is 12.5. The number of nitrogens with one attached hydrogen (secondary N) is 1. The number of rotatable bonds is 2. The van der Waals surface area contributed by atoms with Crippen molar-refractivity contribution < 1.29 is 9.90 Å². The maximum absolute atomic E-state index is 12.1. The van der Waals surface area contributed by atoms with E-state index in [2.05, 4.69) is 10.2 Å². The molecule has 3 rings (SSSR count). The number of carbonyl (C=O) groups is 1. The van der Waals surface area contributed by atoms with Crippen LogP contribution in [-0.2, 0) is 0 Å². The lowest BCUT2D eigenvalue weighted by molar-refractivity contribution is 0.0759. The molecule has 1 amide bonds. The van der Waals surface area contributed by atoms with Crippen LogP contribution >= 0.6 is 11.3 Å². The molecule has 1 fully saturated rings. The third-order valence-electron chi connectivity index (χ3n) is 3.03. The highest BCUT2D eigenvalue weighted by Gasteiger charge is 2.26. The molecule has 0 bridgehead atoms. The van der Waals surface area contributed by atoms with Crippen LogP contribution in [-0.4, -0.2) is 45.3 Å². The first kappa shape index (κ1) is 11.4. The van der Waals surface area contributed by atoms with Gasteiger partial charge in [0.05, 0.1) is 16.7 Å². The number of aromatic amines is 1. The predicted molar refractivity (Wildman–Crippen MR) is 68.4 cm³/mol. The normalized spacial score (nSPS) is 19.4. The van der Waals surface area contributed by atoms with Gasteiger partial charge in [-0.1, -0.05) is 6.07 Å². The molecule has 2 N–H and O–H groups in total. The molecular formula is C12H13N3O2S. The minimum atomic E-state index is -0.398. The number of aromatic nitrogens is 2. The summed E-state index contributed by atoms with van der Waals surface area (Å²) in [5.74, 6) is -0.120. The zero-order valence-electron chi connectivity index (χ0n) is 9.67. The summed E-state index contributed by atoms with van der Waals surface area (Å²) < 4.78 is 0. The number of hydrogen-bond acceptors (Lipinski definition) is 4. The SMILES string of the molecule is O=C(c1cc(-c2cccs2)[nH]n1)N1CC[C@@H](O)C1. The Morgan fingerprint density at radius 2 is 2.50 bits per heavy atom. The molecule has 5 nitrogen and oxygen atoms in total. The summed E-state index contributed by atoms with van der Waals surface area (Å²) in [6.07, 6.45) is 0.248. The molecule has 0 unspecified atom stereocenters. The number of thiophene rings is 1. The van der Waals surface area contributed by atoms with Gasteiger partial charge < -0.3 is 10.0 Å². The standard InChI is InChI=1S/C12H13N3O2S/c16-8-3-4-15(7-8)12(17)10-6-9(13-14-10)11-2-1-5-18-11/h1-2,5-6,8,16H,3-4,7H2,(H,13,14)/t8-/m1/s1. The fourth-order valence-electron chi connectivity index (χ4n) is 2.08. The monoisotopic (exact) mass is 263 g/mol. The Labute approximate surface area is 108 Å². The Morgan fingerprint density at radius 1 is 1.61 bits per heavy atom. The molecule has 6 heteroatoms. The van der Waals surface area contributed by atoms with Crippen LogP contribution in [0.25, 0.3) is 10.6 Å². The van der Waals surface area contributed by atoms with Gasteiger partial charge in [0.1, 0.15) is 0 Å². The Hall–Kier alpha value is -1.66. The molecule has 1 aliphatic heterocycles. The highest BCUT2D eigenvalue weighted by molar-refractivity contribution is 7.13. The van der Waals surface area contributed by atoms with Crippen molar-refractivity contribution in [3.8, 4) is 10.6 Å². The molecule has 94 valence electrons. The van der Waals surface area contributed by atoms with E-state index < -0.39 is 6.10 Å². The Bertz CT molecular complexity index is 549. The lowest BCUT2D eigenvalue weighted by atomic mass is 10.3. The molecule has 2 aromatic rings. The van der Waals surface area contributed by atoms with Gasteiger partial charge in [0.25, 0.3) is 5.91 Å². The van der Waals surface area contributed by atoms with Crippen LogP contribution in [0.15, 0.2) is 23.6 Å². The molecule has 1 atom stereocenters. The second-order valence-electron chi connectivity index (χ2n) is 4.34. The second kappa shape index (κ2) is 4.55. The summed E-state index contributed by atoms with van der Waals surface area (Å²) in [5, 5.41) is 18.3. The molecule has 0 aromatic carbocycles. The first-order valence-electron chi connectivity index (χ1n) is 5.80. The molecule has 1 saturated heterocycles. The Morgan fingerprint density at radius 3 is 3.17 bits per heavy atom. The van der Waals surface area contributed by atoms with Gasteiger partial charge in [0, 0.05) is 13.1 Å². The van der Waals surface area contributed by atoms with Gasteiger partial charge in [-0.05, 0) is 23.9 Å². The van der Waals surface area contributed by atoms with Crippen LogP contribution < -0.4 is 0 Å². The number of hydrogen-bond donors (Lipinski definition) is 2. The van der Waals surface area contributed by atoms with Gasteiger partial charge in [-0.25, -0.2) is 0 Å². The average molecular weight is 263 g/mol. The van der Waals surface area contributed by atoms with Crippen LogP contribution in [0.2, 0.25) is 0 Å². The lowest BCUT2D eigenvalue weighted by Crippen LogP contribution is -2.29. The zero-order valence-corrected chi connectivity index (χ0v) is 10.5. The van der Waals surface area contributed by atoms with Crippen molar-refractivity contribution in [2.45, 2.75) is 12.5 Å². The number of nitrogens with zero attached hydrogens (tertiary/aromatic N) is 2. The van der Waals surface area contributed by atoms with Crippen LogP contribution in [0.1, 0.15) is 16.9 Å². The number of likely N-dealkylation sites (tertiary alicyclic amines) is 1. The van der Waals surface area contributed by atoms with E-state index >= 15 is 0 Å². The first-order valence-corrected chi connectivity index (χ1v) is 6.68. The van der Waals surface area contributed by atoms with Crippen molar-refractivity contribution in [3.05, 3.63) is 29.3 Å². The molecule has 1 aliphatic rings. The maximum atomic E-state index is 12.1. The van der Waals surface area contributed by atoms with E-state index in [1.54, 1.807) is 22.3 Å². The van der Waals surface area contributed by atoms with Gasteiger partial charge in [0.2, 0.25) is 0 Å². The van der Waals surface area contributed by atoms with Crippen molar-refractivity contribution in [2.75, 3.05) is 13.1 Å². The highest BCUT2D eigenvalue weighted by atomic mass is 32.1. The molecule has 18 heavy (non-hydrogen) atoms. The van der Waals surface area contributed by atoms with Crippen molar-refractivity contribution >= 4 is 17.2 Å². The van der Waals surface area contributed by atoms with Crippen molar-refractivity contribution in [3.63, 3.8) is 0 Å². The highest BCUT2D eigenvalue weighted by Crippen LogP contribution is 2.23. The fraction of sp³-hybridized carbons (Fsp3) is 0.333. The minimum Gasteiger partial charge on any atom is -0.391 e. The van der Waals surface area contributed by atoms with E-state index in [4.69, 9.17) is 0 Å². The quantitative estimate of drug-likeness (QED) is 0.859. The van der Waals surface area contributed by atoms with Crippen molar-refractivity contribution in [1.29, 1.82) is 0 Å². The predicted octanol–water partition coefficient (Wildman–Crippen LogP) is 1.34. The molecular weight excluding hydrogens is 250 g/mol. The number of carbonyl (C=O) groups excluding carboxylic acids is 1. The smallest absolute Gasteiger partial charge is 0.274 e. The minimum absolute atomic E-state index is 0.120. The summed E-state index contributed by atoms with van der Waals surface area (Å²) in [6, 6.07) is 5.70. The topological polar surface area (TPSA) is 69.2 Å². The molecule has 0 radical (unpaired) electrons. The average Bonchev–Trinajstić information content (AvgIpc) is 3.09. The van der Waals surface area contributed by atoms with E-state index in [9.17, 15) is 9.90 Å². The molecule has 2 aromatic heterocycles. The lowest BCUT2D eigenvalue weighted by Gasteiger charge is -2.13. The number of amides is 1. The van der Waals surface area contributed by atoms with Gasteiger partial charge in [-0.15, -0.1) is 11.3 Å². The third kappa shape index (κ3) is 2.04. The summed E-state index contributed by atoms with van der Waals surface area (Å²) in [5.41, 5.74) is 1.26. The van der Waals surface area contributed by atoms with E-state index in [0.717, 1.165) is 10.6 Å². The maximum Gasteiger partial charge on any atom is 0.274 e. The van der Waals surface area contributed by atoms with Crippen molar-refractivity contribution in [1.82, 2.24) is 15.1 Å². The van der Waals surface area contributed by atoms with Crippen LogP contribution in [0.5, 0.6) is 0 Å². The number of β-amino-alcohol motifs (C(OH)–C–C–N with tert-alkyl or cyclic N) is 1. The number of aliphatic hydroxyl groups excluding tert-OH is 1. The Balaban J connectivity index is 1.79. The van der Waals surface area contributed by atoms with Crippen molar-refractivity contribution in [2.24, 2.45) is 0 Å². The van der Waals surface area contributed by atoms with Crippen LogP contribution in [0.4, 0.5) is 0 Å². The Kier molecular flexibility index (Phi) is 2.89. The first-order chi connectivity index (χ1) is 8.74. The van der Waals surface area contributed by atoms with Gasteiger partial charge >= 0.3 is 0 Å². The molecule has 0 aliphatic carbocycles. The van der Waals surface area contributed by atoms with E-state index in [1.165, 1.54) is 0 Å². The number of H-pyrrole nitrogens is 1. The van der Waals surface area contributed by atoms with E-state index in [-0.39, 0.29) is 5.91 Å². The fourth-order valence-corrected chi connectivity index (χ4v) is 2.77. The summed E-state index contributed by atoms with van der Waals surface area (Å²) in [6.45, 7) is 1.00. The molecule has 0 saturated carbocycles.